The lowest BCUT2D eigenvalue weighted by molar-refractivity contribution is -0.143. The molecule has 1 amide bonds. The number of nitrogens with zero attached hydrogens (tertiary/aromatic N) is 3. The van der Waals surface area contributed by atoms with Crippen LogP contribution in [0.15, 0.2) is 51.6 Å². The topological polar surface area (TPSA) is 62.2 Å². The Balaban J connectivity index is 1.69. The van der Waals surface area contributed by atoms with E-state index in [4.69, 9.17) is 9.73 Å². The number of rotatable bonds is 5. The van der Waals surface area contributed by atoms with Crippen LogP contribution in [-0.4, -0.2) is 46.0 Å². The maximum Gasteiger partial charge on any atom is 0.338 e. The van der Waals surface area contributed by atoms with E-state index in [-0.39, 0.29) is 24.0 Å². The molecule has 0 aliphatic carbocycles. The summed E-state index contributed by atoms with van der Waals surface area (Å²) in [7, 11) is 0. The minimum Gasteiger partial charge on any atom is -0.459 e. The van der Waals surface area contributed by atoms with Crippen molar-refractivity contribution in [3.63, 3.8) is 0 Å². The van der Waals surface area contributed by atoms with Gasteiger partial charge in [-0.1, -0.05) is 41.6 Å². The zero-order chi connectivity index (χ0) is 22.8. The number of thioether (sulfide) groups is 1. The maximum atomic E-state index is 13.2. The van der Waals surface area contributed by atoms with Crippen LogP contribution in [-0.2, 0) is 14.3 Å². The highest BCUT2D eigenvalue weighted by molar-refractivity contribution is 8.16. The molecular weight excluding hydrogens is 422 g/mol. The van der Waals surface area contributed by atoms with Crippen molar-refractivity contribution in [2.45, 2.75) is 65.5 Å². The van der Waals surface area contributed by atoms with Crippen molar-refractivity contribution < 1.29 is 14.3 Å². The number of allylic oxidation sites excluding steroid dienone is 1. The number of hydrogen-bond acceptors (Lipinski definition) is 6. The minimum atomic E-state index is -0.371. The van der Waals surface area contributed by atoms with Crippen LogP contribution in [0.3, 0.4) is 0 Å². The smallest absolute Gasteiger partial charge is 0.338 e. The number of esters is 1. The largest absolute Gasteiger partial charge is 0.459 e. The zero-order valence-electron chi connectivity index (χ0n) is 19.3. The molecule has 7 heteroatoms. The van der Waals surface area contributed by atoms with Crippen LogP contribution in [0.1, 0.15) is 63.6 Å². The summed E-state index contributed by atoms with van der Waals surface area (Å²) >= 11 is 1.51. The number of carbonyl (C=O) groups excluding carboxylic acids is 2. The third kappa shape index (κ3) is 4.63. The Bertz CT molecular complexity index is 988. The number of carbonyl (C=O) groups is 2. The third-order valence-corrected chi connectivity index (χ3v) is 6.89. The van der Waals surface area contributed by atoms with Crippen LogP contribution in [0.2, 0.25) is 0 Å². The van der Waals surface area contributed by atoms with Crippen LogP contribution in [0.25, 0.3) is 0 Å². The molecule has 32 heavy (non-hydrogen) atoms. The van der Waals surface area contributed by atoms with Gasteiger partial charge in [-0.3, -0.25) is 4.79 Å². The molecule has 0 radical (unpaired) electrons. The Morgan fingerprint density at radius 1 is 1.12 bits per heavy atom. The Morgan fingerprint density at radius 2 is 1.81 bits per heavy atom. The minimum absolute atomic E-state index is 0.137. The van der Waals surface area contributed by atoms with Gasteiger partial charge >= 0.3 is 5.97 Å². The summed E-state index contributed by atoms with van der Waals surface area (Å²) in [4.78, 5) is 34.9. The number of aliphatic imine (C=N–C) groups is 1. The molecule has 1 saturated heterocycles. The molecule has 0 aromatic heterocycles. The van der Waals surface area contributed by atoms with Gasteiger partial charge in [0.15, 0.2) is 5.17 Å². The molecule has 3 aliphatic heterocycles. The van der Waals surface area contributed by atoms with E-state index in [2.05, 4.69) is 4.90 Å². The molecule has 0 saturated carbocycles. The monoisotopic (exact) mass is 453 g/mol. The van der Waals surface area contributed by atoms with E-state index in [1.54, 1.807) is 0 Å². The SMILES string of the molecule is CC1=C(C(=O)OC(C)C)[C@H](c2ccc(C)cc2)N2C(CC(=O)N3CCCCC3)=CSC2=N1. The highest BCUT2D eigenvalue weighted by Crippen LogP contribution is 2.45. The van der Waals surface area contributed by atoms with Crippen molar-refractivity contribution >= 4 is 28.8 Å². The molecule has 0 bridgehead atoms. The summed E-state index contributed by atoms with van der Waals surface area (Å²) < 4.78 is 5.60. The Hall–Kier alpha value is -2.54. The second kappa shape index (κ2) is 9.53. The number of amides is 1. The Labute approximate surface area is 194 Å². The summed E-state index contributed by atoms with van der Waals surface area (Å²) in [5.74, 6) is -0.220. The lowest BCUT2D eigenvalue weighted by atomic mass is 9.93. The van der Waals surface area contributed by atoms with Gasteiger partial charge in [0.05, 0.1) is 29.8 Å². The molecule has 1 fully saturated rings. The summed E-state index contributed by atoms with van der Waals surface area (Å²) in [5, 5.41) is 2.81. The van der Waals surface area contributed by atoms with Gasteiger partial charge in [-0.25, -0.2) is 9.79 Å². The quantitative estimate of drug-likeness (QED) is 0.592. The van der Waals surface area contributed by atoms with Gasteiger partial charge in [0.25, 0.3) is 0 Å². The van der Waals surface area contributed by atoms with Crippen molar-refractivity contribution in [3.8, 4) is 0 Å². The van der Waals surface area contributed by atoms with E-state index in [0.29, 0.717) is 17.7 Å². The second-order valence-electron chi connectivity index (χ2n) is 8.88. The summed E-state index contributed by atoms with van der Waals surface area (Å²) in [6.45, 7) is 9.25. The predicted molar refractivity (Wildman–Crippen MR) is 128 cm³/mol. The molecule has 0 spiro atoms. The molecule has 4 rings (SSSR count). The van der Waals surface area contributed by atoms with Gasteiger partial charge in [-0.05, 0) is 57.9 Å². The summed E-state index contributed by atoms with van der Waals surface area (Å²) in [6, 6.07) is 7.82. The molecule has 6 nitrogen and oxygen atoms in total. The van der Waals surface area contributed by atoms with E-state index in [1.807, 2.05) is 62.3 Å². The van der Waals surface area contributed by atoms with Gasteiger partial charge in [-0.2, -0.15) is 0 Å². The van der Waals surface area contributed by atoms with Gasteiger partial charge in [0.1, 0.15) is 0 Å². The second-order valence-corrected chi connectivity index (χ2v) is 9.71. The molecule has 1 aromatic carbocycles. The Kier molecular flexibility index (Phi) is 6.74. The average molecular weight is 454 g/mol. The van der Waals surface area contributed by atoms with Crippen molar-refractivity contribution in [3.05, 3.63) is 57.8 Å². The molecular formula is C25H31N3O3S. The van der Waals surface area contributed by atoms with Crippen LogP contribution in [0.5, 0.6) is 0 Å². The molecule has 170 valence electrons. The van der Waals surface area contributed by atoms with E-state index in [9.17, 15) is 9.59 Å². The highest BCUT2D eigenvalue weighted by atomic mass is 32.2. The molecule has 3 aliphatic rings. The number of benzene rings is 1. The highest BCUT2D eigenvalue weighted by Gasteiger charge is 2.41. The van der Waals surface area contributed by atoms with E-state index in [0.717, 1.165) is 47.9 Å². The fraction of sp³-hybridized carbons (Fsp3) is 0.480. The summed E-state index contributed by atoms with van der Waals surface area (Å²) in [5.41, 5.74) is 4.22. The number of piperidine rings is 1. The first kappa shape index (κ1) is 22.6. The average Bonchev–Trinajstić information content (AvgIpc) is 3.15. The first-order valence-corrected chi connectivity index (χ1v) is 12.2. The zero-order valence-corrected chi connectivity index (χ0v) is 20.1. The number of likely N-dealkylation sites (tertiary alicyclic amines) is 1. The fourth-order valence-corrected chi connectivity index (χ4v) is 5.35. The van der Waals surface area contributed by atoms with Gasteiger partial charge < -0.3 is 14.5 Å². The van der Waals surface area contributed by atoms with Gasteiger partial charge in [0, 0.05) is 18.8 Å². The molecule has 0 unspecified atom stereocenters. The summed E-state index contributed by atoms with van der Waals surface area (Å²) in [6.07, 6.45) is 3.39. The molecule has 1 aromatic rings. The standard InChI is InChI=1S/C25H31N3O3S/c1-16(2)31-24(30)22-18(4)26-25-28(23(22)19-10-8-17(3)9-11-19)20(15-32-25)14-21(29)27-12-6-5-7-13-27/h8-11,15-16,23H,5-7,12-14H2,1-4H3/t23-/m0/s1. The van der Waals surface area contributed by atoms with Crippen LogP contribution >= 0.6 is 11.8 Å². The first-order valence-electron chi connectivity index (χ1n) is 11.3. The molecule has 3 heterocycles. The molecule has 1 atom stereocenters. The fourth-order valence-electron chi connectivity index (χ4n) is 4.38. The number of hydrogen-bond donors (Lipinski definition) is 0. The lowest BCUT2D eigenvalue weighted by Crippen LogP contribution is -2.40. The van der Waals surface area contributed by atoms with E-state index < -0.39 is 0 Å². The lowest BCUT2D eigenvalue weighted by Gasteiger charge is -2.37. The number of amidine groups is 1. The van der Waals surface area contributed by atoms with E-state index >= 15 is 0 Å². The van der Waals surface area contributed by atoms with Crippen molar-refractivity contribution in [1.82, 2.24) is 9.80 Å². The number of aryl methyl sites for hydroxylation is 1. The van der Waals surface area contributed by atoms with Crippen LogP contribution < -0.4 is 0 Å². The number of fused-ring (bicyclic) bond motifs is 1. The van der Waals surface area contributed by atoms with E-state index in [1.165, 1.54) is 18.2 Å². The van der Waals surface area contributed by atoms with Crippen LogP contribution in [0, 0.1) is 6.92 Å². The first-order chi connectivity index (χ1) is 15.3. The molecule has 0 N–H and O–H groups in total. The van der Waals surface area contributed by atoms with Gasteiger partial charge in [-0.15, -0.1) is 0 Å². The predicted octanol–water partition coefficient (Wildman–Crippen LogP) is 4.92. The normalized spacial score (nSPS) is 20.8. The Morgan fingerprint density at radius 3 is 2.47 bits per heavy atom. The van der Waals surface area contributed by atoms with Gasteiger partial charge in [0.2, 0.25) is 5.91 Å². The van der Waals surface area contributed by atoms with Crippen molar-refractivity contribution in [1.29, 1.82) is 0 Å². The van der Waals surface area contributed by atoms with Crippen molar-refractivity contribution in [2.75, 3.05) is 13.1 Å². The maximum absolute atomic E-state index is 13.2. The third-order valence-electron chi connectivity index (χ3n) is 6.00. The number of ether oxygens (including phenoxy) is 1. The van der Waals surface area contributed by atoms with Crippen LogP contribution in [0.4, 0.5) is 0 Å². The van der Waals surface area contributed by atoms with Crippen molar-refractivity contribution in [2.24, 2.45) is 4.99 Å².